The number of amides is 2. The Balaban J connectivity index is 1.54. The topological polar surface area (TPSA) is 49.4 Å². The summed E-state index contributed by atoms with van der Waals surface area (Å²) in [6.45, 7) is 4.33. The fourth-order valence-corrected chi connectivity index (χ4v) is 3.52. The Hall–Kier alpha value is -2.33. The molecule has 1 fully saturated rings. The van der Waals surface area contributed by atoms with Crippen molar-refractivity contribution in [1.82, 2.24) is 5.32 Å². The van der Waals surface area contributed by atoms with Crippen LogP contribution in [-0.4, -0.2) is 24.4 Å². The fourth-order valence-electron chi connectivity index (χ4n) is 3.34. The van der Waals surface area contributed by atoms with Crippen LogP contribution in [0.4, 0.5) is 5.69 Å². The van der Waals surface area contributed by atoms with Crippen molar-refractivity contribution < 1.29 is 9.59 Å². The summed E-state index contributed by atoms with van der Waals surface area (Å²) < 4.78 is 0. The molecule has 2 aromatic carbocycles. The van der Waals surface area contributed by atoms with Crippen LogP contribution in [0.3, 0.4) is 0 Å². The van der Waals surface area contributed by atoms with E-state index < -0.39 is 0 Å². The lowest BCUT2D eigenvalue weighted by Crippen LogP contribution is -2.38. The van der Waals surface area contributed by atoms with Crippen LogP contribution in [0.25, 0.3) is 0 Å². The zero-order chi connectivity index (χ0) is 19.4. The molecule has 0 bridgehead atoms. The van der Waals surface area contributed by atoms with Gasteiger partial charge in [0.15, 0.2) is 0 Å². The molecule has 0 aromatic heterocycles. The van der Waals surface area contributed by atoms with Crippen LogP contribution < -0.4 is 10.2 Å². The van der Waals surface area contributed by atoms with E-state index in [0.29, 0.717) is 11.6 Å². The average molecular weight is 385 g/mol. The highest BCUT2D eigenvalue weighted by molar-refractivity contribution is 6.31. The Labute approximate surface area is 165 Å². The van der Waals surface area contributed by atoms with Gasteiger partial charge in [0.05, 0.1) is 5.92 Å². The molecular formula is C22H25ClN2O2. The van der Waals surface area contributed by atoms with E-state index in [0.717, 1.165) is 24.1 Å². The monoisotopic (exact) mass is 384 g/mol. The second-order valence-electron chi connectivity index (χ2n) is 7.27. The number of nitrogens with one attached hydrogen (secondary N) is 1. The first-order valence-corrected chi connectivity index (χ1v) is 9.72. The van der Waals surface area contributed by atoms with Gasteiger partial charge in [-0.3, -0.25) is 9.59 Å². The summed E-state index contributed by atoms with van der Waals surface area (Å²) in [4.78, 5) is 26.6. The third-order valence-electron chi connectivity index (χ3n) is 5.06. The number of hydrogen-bond donors (Lipinski definition) is 1. The van der Waals surface area contributed by atoms with Gasteiger partial charge >= 0.3 is 0 Å². The first-order chi connectivity index (χ1) is 12.9. The third-order valence-corrected chi connectivity index (χ3v) is 5.47. The molecule has 1 N–H and O–H groups in total. The van der Waals surface area contributed by atoms with Crippen LogP contribution in [0.2, 0.25) is 5.02 Å². The largest absolute Gasteiger partial charge is 0.353 e. The Morgan fingerprint density at radius 1 is 1.26 bits per heavy atom. The maximum Gasteiger partial charge on any atom is 0.227 e. The van der Waals surface area contributed by atoms with Gasteiger partial charge in [-0.2, -0.15) is 0 Å². The van der Waals surface area contributed by atoms with Gasteiger partial charge in [0, 0.05) is 29.7 Å². The lowest BCUT2D eigenvalue weighted by Gasteiger charge is -2.19. The maximum absolute atomic E-state index is 12.6. The van der Waals surface area contributed by atoms with Gasteiger partial charge in [-0.25, -0.2) is 0 Å². The number of anilines is 1. The van der Waals surface area contributed by atoms with Crippen molar-refractivity contribution in [3.05, 3.63) is 64.7 Å². The van der Waals surface area contributed by atoms with Crippen molar-refractivity contribution in [3.8, 4) is 0 Å². The molecule has 1 heterocycles. The normalized spacial score (nSPS) is 17.8. The highest BCUT2D eigenvalue weighted by atomic mass is 35.5. The first-order valence-electron chi connectivity index (χ1n) is 9.35. The predicted octanol–water partition coefficient (Wildman–Crippen LogP) is 4.14. The van der Waals surface area contributed by atoms with E-state index in [-0.39, 0.29) is 30.2 Å². The summed E-state index contributed by atoms with van der Waals surface area (Å²) in [5, 5.41) is 3.69. The number of hydrogen-bond acceptors (Lipinski definition) is 2. The average Bonchev–Trinajstić information content (AvgIpc) is 3.05. The molecule has 27 heavy (non-hydrogen) atoms. The van der Waals surface area contributed by atoms with E-state index in [2.05, 4.69) is 17.4 Å². The predicted molar refractivity (Wildman–Crippen MR) is 109 cm³/mol. The SMILES string of the molecule is Cc1ccc(N2CC(C(=O)NC(C)CCc3ccccc3)CC2=O)cc1Cl. The quantitative estimate of drug-likeness (QED) is 0.813. The number of nitrogens with zero attached hydrogens (tertiary/aromatic N) is 1. The molecular weight excluding hydrogens is 360 g/mol. The van der Waals surface area contributed by atoms with Crippen LogP contribution >= 0.6 is 11.6 Å². The molecule has 1 aliphatic rings. The summed E-state index contributed by atoms with van der Waals surface area (Å²) >= 11 is 6.18. The molecule has 0 aliphatic carbocycles. The van der Waals surface area contributed by atoms with Crippen LogP contribution in [-0.2, 0) is 16.0 Å². The van der Waals surface area contributed by atoms with E-state index in [1.54, 1.807) is 11.0 Å². The number of carbonyl (C=O) groups is 2. The molecule has 2 aromatic rings. The van der Waals surface area contributed by atoms with Crippen molar-refractivity contribution in [2.45, 2.75) is 39.2 Å². The number of rotatable bonds is 6. The van der Waals surface area contributed by atoms with Gasteiger partial charge in [0.1, 0.15) is 0 Å². The molecule has 0 spiro atoms. The van der Waals surface area contributed by atoms with E-state index in [1.165, 1.54) is 5.56 Å². The second-order valence-corrected chi connectivity index (χ2v) is 7.68. The van der Waals surface area contributed by atoms with Crippen LogP contribution in [0.5, 0.6) is 0 Å². The molecule has 2 unspecified atom stereocenters. The highest BCUT2D eigenvalue weighted by Crippen LogP contribution is 2.29. The Bertz CT molecular complexity index is 822. The van der Waals surface area contributed by atoms with Crippen LogP contribution in [0.15, 0.2) is 48.5 Å². The Kier molecular flexibility index (Phi) is 6.17. The standard InChI is InChI=1S/C22H25ClN2O2/c1-15-8-11-19(13-20(15)23)25-14-18(12-21(25)26)22(27)24-16(2)9-10-17-6-4-3-5-7-17/h3-8,11,13,16,18H,9-10,12,14H2,1-2H3,(H,24,27). The molecule has 2 atom stereocenters. The summed E-state index contributed by atoms with van der Waals surface area (Å²) in [5.74, 6) is -0.409. The summed E-state index contributed by atoms with van der Waals surface area (Å²) in [5.41, 5.74) is 2.98. The van der Waals surface area contributed by atoms with Gasteiger partial charge in [0.2, 0.25) is 11.8 Å². The highest BCUT2D eigenvalue weighted by Gasteiger charge is 2.35. The third kappa shape index (κ3) is 4.89. The van der Waals surface area contributed by atoms with Crippen molar-refractivity contribution in [3.63, 3.8) is 0 Å². The zero-order valence-corrected chi connectivity index (χ0v) is 16.5. The Morgan fingerprint density at radius 2 is 2.00 bits per heavy atom. The molecule has 0 radical (unpaired) electrons. The van der Waals surface area contributed by atoms with E-state index in [4.69, 9.17) is 11.6 Å². The molecule has 3 rings (SSSR count). The van der Waals surface area contributed by atoms with Gasteiger partial charge < -0.3 is 10.2 Å². The van der Waals surface area contributed by atoms with E-state index >= 15 is 0 Å². The zero-order valence-electron chi connectivity index (χ0n) is 15.7. The molecule has 1 saturated heterocycles. The number of benzene rings is 2. The van der Waals surface area contributed by atoms with Crippen molar-refractivity contribution in [2.24, 2.45) is 5.92 Å². The van der Waals surface area contributed by atoms with E-state index in [1.807, 2.05) is 44.2 Å². The van der Waals surface area contributed by atoms with Gasteiger partial charge in [-0.05, 0) is 49.9 Å². The first kappa shape index (κ1) is 19.4. The second kappa shape index (κ2) is 8.57. The lowest BCUT2D eigenvalue weighted by atomic mass is 10.0. The number of halogens is 1. The number of aryl methyl sites for hydroxylation is 2. The van der Waals surface area contributed by atoms with Crippen molar-refractivity contribution >= 4 is 29.1 Å². The Morgan fingerprint density at radius 3 is 2.70 bits per heavy atom. The lowest BCUT2D eigenvalue weighted by molar-refractivity contribution is -0.126. The molecule has 4 nitrogen and oxygen atoms in total. The van der Waals surface area contributed by atoms with Crippen LogP contribution in [0, 0.1) is 12.8 Å². The minimum atomic E-state index is -0.322. The molecule has 142 valence electrons. The molecule has 2 amide bonds. The van der Waals surface area contributed by atoms with Gasteiger partial charge in [-0.1, -0.05) is 48.0 Å². The van der Waals surface area contributed by atoms with Crippen LogP contribution in [0.1, 0.15) is 30.9 Å². The van der Waals surface area contributed by atoms with Crippen molar-refractivity contribution in [2.75, 3.05) is 11.4 Å². The fraction of sp³-hybridized carbons (Fsp3) is 0.364. The van der Waals surface area contributed by atoms with Gasteiger partial charge in [-0.15, -0.1) is 0 Å². The summed E-state index contributed by atoms with van der Waals surface area (Å²) in [6.07, 6.45) is 2.02. The van der Waals surface area contributed by atoms with Crippen molar-refractivity contribution in [1.29, 1.82) is 0 Å². The van der Waals surface area contributed by atoms with E-state index in [9.17, 15) is 9.59 Å². The summed E-state index contributed by atoms with van der Waals surface area (Å²) in [6, 6.07) is 15.9. The molecule has 0 saturated carbocycles. The summed E-state index contributed by atoms with van der Waals surface area (Å²) in [7, 11) is 0. The molecule has 5 heteroatoms. The smallest absolute Gasteiger partial charge is 0.227 e. The minimum Gasteiger partial charge on any atom is -0.353 e. The number of carbonyl (C=O) groups excluding carboxylic acids is 2. The van der Waals surface area contributed by atoms with Gasteiger partial charge in [0.25, 0.3) is 0 Å². The maximum atomic E-state index is 12.6. The molecule has 1 aliphatic heterocycles. The minimum absolute atomic E-state index is 0.0352.